The SMILES string of the molecule is C=CC[Si](CC=C)(CC=C)CCCC(C)(O)CCC[Si](CC=C)(CC=C)CC=C. The van der Waals surface area contributed by atoms with Crippen LogP contribution in [0.25, 0.3) is 0 Å². The van der Waals surface area contributed by atoms with E-state index in [0.29, 0.717) is 0 Å². The van der Waals surface area contributed by atoms with Gasteiger partial charge >= 0.3 is 0 Å². The molecule has 29 heavy (non-hydrogen) atoms. The van der Waals surface area contributed by atoms with Crippen molar-refractivity contribution in [2.45, 2.75) is 86.6 Å². The van der Waals surface area contributed by atoms with Crippen LogP contribution < -0.4 is 0 Å². The van der Waals surface area contributed by atoms with E-state index in [2.05, 4.69) is 75.9 Å². The van der Waals surface area contributed by atoms with E-state index in [0.717, 1.165) is 61.9 Å². The lowest BCUT2D eigenvalue weighted by molar-refractivity contribution is 0.0404. The number of hydrogen-bond acceptors (Lipinski definition) is 1. The van der Waals surface area contributed by atoms with Crippen LogP contribution in [0.15, 0.2) is 75.9 Å². The summed E-state index contributed by atoms with van der Waals surface area (Å²) in [5.41, 5.74) is -0.590. The molecule has 0 bridgehead atoms. The summed E-state index contributed by atoms with van der Waals surface area (Å²) in [7, 11) is -2.96. The second-order valence-corrected chi connectivity index (χ2v) is 18.6. The number of aliphatic hydroxyl groups is 1. The summed E-state index contributed by atoms with van der Waals surface area (Å²) in [5, 5.41) is 11.0. The van der Waals surface area contributed by atoms with Crippen LogP contribution in [0.1, 0.15) is 32.6 Å². The normalized spacial score (nSPS) is 12.2. The molecule has 0 atom stereocenters. The minimum Gasteiger partial charge on any atom is -0.390 e. The van der Waals surface area contributed by atoms with E-state index in [-0.39, 0.29) is 0 Å². The molecule has 0 aliphatic carbocycles. The van der Waals surface area contributed by atoms with Crippen LogP contribution in [0.5, 0.6) is 0 Å². The van der Waals surface area contributed by atoms with Crippen molar-refractivity contribution in [3.8, 4) is 0 Å². The van der Waals surface area contributed by atoms with Crippen molar-refractivity contribution in [3.63, 3.8) is 0 Å². The van der Waals surface area contributed by atoms with Crippen LogP contribution in [-0.4, -0.2) is 26.9 Å². The minimum absolute atomic E-state index is 0.590. The van der Waals surface area contributed by atoms with Gasteiger partial charge in [0, 0.05) is 0 Å². The van der Waals surface area contributed by atoms with E-state index in [9.17, 15) is 5.11 Å². The van der Waals surface area contributed by atoms with Crippen LogP contribution in [0.2, 0.25) is 48.4 Å². The predicted molar refractivity (Wildman–Crippen MR) is 140 cm³/mol. The highest BCUT2D eigenvalue weighted by Crippen LogP contribution is 2.34. The maximum atomic E-state index is 11.0. The first-order chi connectivity index (χ1) is 13.8. The number of rotatable bonds is 20. The Balaban J connectivity index is 4.80. The molecule has 0 heterocycles. The molecule has 0 rings (SSSR count). The van der Waals surface area contributed by atoms with Crippen molar-refractivity contribution in [2.24, 2.45) is 0 Å². The monoisotopic (exact) mass is 430 g/mol. The largest absolute Gasteiger partial charge is 0.390 e. The first-order valence-electron chi connectivity index (χ1n) is 11.2. The maximum absolute atomic E-state index is 11.0. The van der Waals surface area contributed by atoms with Crippen molar-refractivity contribution in [2.75, 3.05) is 0 Å². The Bertz CT molecular complexity index is 434. The molecular weight excluding hydrogens is 384 g/mol. The second kappa shape index (κ2) is 14.8. The lowest BCUT2D eigenvalue weighted by Gasteiger charge is -2.32. The van der Waals surface area contributed by atoms with Gasteiger partial charge < -0.3 is 5.11 Å². The minimum atomic E-state index is -1.48. The van der Waals surface area contributed by atoms with Gasteiger partial charge in [0.2, 0.25) is 0 Å². The molecule has 0 spiro atoms. The molecule has 1 nitrogen and oxygen atoms in total. The van der Waals surface area contributed by atoms with Gasteiger partial charge in [0.15, 0.2) is 0 Å². The predicted octanol–water partition coefficient (Wildman–Crippen LogP) is 8.31. The summed E-state index contributed by atoms with van der Waals surface area (Å²) in [6, 6.07) is 9.03. The highest BCUT2D eigenvalue weighted by atomic mass is 28.3. The molecule has 0 saturated heterocycles. The Morgan fingerprint density at radius 2 is 0.828 bits per heavy atom. The Hall–Kier alpha value is -1.17. The summed E-state index contributed by atoms with van der Waals surface area (Å²) in [6.45, 7) is 25.9. The fourth-order valence-corrected chi connectivity index (χ4v) is 12.5. The van der Waals surface area contributed by atoms with E-state index in [4.69, 9.17) is 0 Å². The van der Waals surface area contributed by atoms with E-state index in [1.807, 2.05) is 6.92 Å². The first kappa shape index (κ1) is 27.8. The molecule has 0 aromatic heterocycles. The van der Waals surface area contributed by atoms with E-state index in [1.54, 1.807) is 0 Å². The van der Waals surface area contributed by atoms with Gasteiger partial charge in [-0.15, -0.1) is 39.5 Å². The molecule has 164 valence electrons. The quantitative estimate of drug-likeness (QED) is 0.152. The molecule has 0 radical (unpaired) electrons. The van der Waals surface area contributed by atoms with E-state index < -0.39 is 21.7 Å². The standard InChI is InChI=1S/C26H46OSi2/c1-8-18-28(19-9-2,20-10-3)24-14-16-26(7,27)17-15-25-29(21-11-4,22-12-5)23-13-6/h8-13,27H,1-6,14-25H2,7H3. The van der Waals surface area contributed by atoms with Crippen LogP contribution in [0.4, 0.5) is 0 Å². The topological polar surface area (TPSA) is 20.2 Å². The van der Waals surface area contributed by atoms with Gasteiger partial charge in [0.05, 0.1) is 21.7 Å². The van der Waals surface area contributed by atoms with E-state index >= 15 is 0 Å². The smallest absolute Gasteiger partial charge is 0.0648 e. The first-order valence-corrected chi connectivity index (χ1v) is 16.8. The zero-order valence-corrected chi connectivity index (χ0v) is 21.1. The van der Waals surface area contributed by atoms with Gasteiger partial charge in [-0.05, 0) is 56.0 Å². The lowest BCUT2D eigenvalue weighted by atomic mass is 9.95. The van der Waals surface area contributed by atoms with Crippen LogP contribution in [0.3, 0.4) is 0 Å². The molecule has 0 aromatic carbocycles. The lowest BCUT2D eigenvalue weighted by Crippen LogP contribution is -2.34. The molecule has 0 aliphatic heterocycles. The molecule has 3 heteroatoms. The van der Waals surface area contributed by atoms with Crippen molar-refractivity contribution < 1.29 is 5.11 Å². The molecule has 0 saturated carbocycles. The fraction of sp³-hybridized carbons (Fsp3) is 0.538. The summed E-state index contributed by atoms with van der Waals surface area (Å²) < 4.78 is 0. The number of hydrogen-bond donors (Lipinski definition) is 1. The summed E-state index contributed by atoms with van der Waals surface area (Å²) in [6.07, 6.45) is 16.3. The van der Waals surface area contributed by atoms with Gasteiger partial charge in [-0.25, -0.2) is 0 Å². The number of allylic oxidation sites excluding steroid dienone is 6. The summed E-state index contributed by atoms with van der Waals surface area (Å²) in [4.78, 5) is 0. The van der Waals surface area contributed by atoms with Gasteiger partial charge in [-0.1, -0.05) is 61.4 Å². The van der Waals surface area contributed by atoms with Crippen LogP contribution >= 0.6 is 0 Å². The van der Waals surface area contributed by atoms with Crippen LogP contribution in [-0.2, 0) is 0 Å². The summed E-state index contributed by atoms with van der Waals surface area (Å²) >= 11 is 0. The van der Waals surface area contributed by atoms with Crippen LogP contribution in [0, 0.1) is 0 Å². The average molecular weight is 431 g/mol. The maximum Gasteiger partial charge on any atom is 0.0648 e. The molecule has 0 aromatic rings. The molecule has 0 unspecified atom stereocenters. The molecule has 0 fully saturated rings. The molecule has 0 amide bonds. The van der Waals surface area contributed by atoms with E-state index in [1.165, 1.54) is 12.1 Å². The van der Waals surface area contributed by atoms with Crippen molar-refractivity contribution >= 4 is 16.1 Å². The van der Waals surface area contributed by atoms with Gasteiger partial charge in [-0.2, -0.15) is 0 Å². The molecule has 1 N–H and O–H groups in total. The highest BCUT2D eigenvalue weighted by Gasteiger charge is 2.32. The van der Waals surface area contributed by atoms with Crippen molar-refractivity contribution in [1.82, 2.24) is 0 Å². The summed E-state index contributed by atoms with van der Waals surface area (Å²) in [5.74, 6) is 0. The third kappa shape index (κ3) is 11.0. The third-order valence-electron chi connectivity index (χ3n) is 6.31. The van der Waals surface area contributed by atoms with Gasteiger partial charge in [-0.3, -0.25) is 0 Å². The van der Waals surface area contributed by atoms with Crippen molar-refractivity contribution in [3.05, 3.63) is 75.9 Å². The second-order valence-electron chi connectivity index (χ2n) is 9.16. The Morgan fingerprint density at radius 3 is 1.03 bits per heavy atom. The molecular formula is C26H46OSi2. The van der Waals surface area contributed by atoms with Crippen molar-refractivity contribution in [1.29, 1.82) is 0 Å². The zero-order valence-electron chi connectivity index (χ0n) is 19.1. The zero-order chi connectivity index (χ0) is 22.2. The average Bonchev–Trinajstić information content (AvgIpc) is 2.63. The fourth-order valence-electron chi connectivity index (χ4n) is 4.76. The van der Waals surface area contributed by atoms with Gasteiger partial charge in [0.25, 0.3) is 0 Å². The Morgan fingerprint density at radius 1 is 0.586 bits per heavy atom. The Labute approximate surface area is 183 Å². The highest BCUT2D eigenvalue weighted by molar-refractivity contribution is 6.81. The molecule has 0 aliphatic rings. The van der Waals surface area contributed by atoms with Gasteiger partial charge in [0.1, 0.15) is 0 Å². The Kier molecular flexibility index (Phi) is 14.2. The third-order valence-corrected chi connectivity index (χ3v) is 16.1.